The van der Waals surface area contributed by atoms with E-state index in [0.29, 0.717) is 6.04 Å². The summed E-state index contributed by atoms with van der Waals surface area (Å²) < 4.78 is 0. The van der Waals surface area contributed by atoms with Crippen LogP contribution in [0.3, 0.4) is 0 Å². The van der Waals surface area contributed by atoms with Crippen molar-refractivity contribution in [1.82, 2.24) is 5.32 Å². The van der Waals surface area contributed by atoms with Crippen molar-refractivity contribution in [2.75, 3.05) is 6.61 Å². The van der Waals surface area contributed by atoms with Crippen LogP contribution in [0.15, 0.2) is 0 Å². The number of hydrogen-bond acceptors (Lipinski definition) is 2. The fourth-order valence-corrected chi connectivity index (χ4v) is 2.32. The molecule has 0 saturated heterocycles. The topological polar surface area (TPSA) is 32.3 Å². The van der Waals surface area contributed by atoms with Gasteiger partial charge in [0.2, 0.25) is 0 Å². The monoisotopic (exact) mass is 199 g/mol. The first-order chi connectivity index (χ1) is 6.59. The largest absolute Gasteiger partial charge is 0.394 e. The number of aliphatic hydroxyl groups is 1. The lowest BCUT2D eigenvalue weighted by atomic mass is 9.85. The summed E-state index contributed by atoms with van der Waals surface area (Å²) >= 11 is 0. The first-order valence-electron chi connectivity index (χ1n) is 5.98. The highest BCUT2D eigenvalue weighted by Gasteiger charge is 2.27. The maximum absolute atomic E-state index is 9.32. The van der Waals surface area contributed by atoms with Crippen LogP contribution in [-0.2, 0) is 0 Å². The third-order valence-corrected chi connectivity index (χ3v) is 3.62. The average Bonchev–Trinajstić information content (AvgIpc) is 2.18. The lowest BCUT2D eigenvalue weighted by Crippen LogP contribution is -2.51. The minimum Gasteiger partial charge on any atom is -0.394 e. The van der Waals surface area contributed by atoms with Crippen molar-refractivity contribution in [1.29, 1.82) is 0 Å². The second-order valence-corrected chi connectivity index (χ2v) is 5.19. The zero-order valence-electron chi connectivity index (χ0n) is 9.84. The van der Waals surface area contributed by atoms with Crippen LogP contribution >= 0.6 is 0 Å². The van der Waals surface area contributed by atoms with Gasteiger partial charge in [-0.2, -0.15) is 0 Å². The summed E-state index contributed by atoms with van der Waals surface area (Å²) in [7, 11) is 0. The van der Waals surface area contributed by atoms with Crippen LogP contribution in [0.1, 0.15) is 52.9 Å². The molecular formula is C12H25NO. The van der Waals surface area contributed by atoms with Gasteiger partial charge in [0.05, 0.1) is 6.61 Å². The third kappa shape index (κ3) is 3.25. The number of rotatable bonds is 4. The molecular weight excluding hydrogens is 174 g/mol. The standard InChI is InChI=1S/C12H25NO/c1-4-12(3,9-14)13-11-7-5-6-10(2)8-11/h10-11,13-14H,4-9H2,1-3H3. The summed E-state index contributed by atoms with van der Waals surface area (Å²) in [6.45, 7) is 6.83. The van der Waals surface area contributed by atoms with Gasteiger partial charge >= 0.3 is 0 Å². The maximum Gasteiger partial charge on any atom is 0.0610 e. The zero-order valence-corrected chi connectivity index (χ0v) is 9.84. The van der Waals surface area contributed by atoms with Gasteiger partial charge in [0.15, 0.2) is 0 Å². The van der Waals surface area contributed by atoms with E-state index >= 15 is 0 Å². The summed E-state index contributed by atoms with van der Waals surface area (Å²) in [5, 5.41) is 12.9. The average molecular weight is 199 g/mol. The normalized spacial score (nSPS) is 32.6. The van der Waals surface area contributed by atoms with E-state index in [9.17, 15) is 5.11 Å². The molecule has 0 spiro atoms. The van der Waals surface area contributed by atoms with Gasteiger partial charge in [-0.05, 0) is 32.1 Å². The Morgan fingerprint density at radius 2 is 2.14 bits per heavy atom. The van der Waals surface area contributed by atoms with Crippen molar-refractivity contribution < 1.29 is 5.11 Å². The molecule has 3 unspecified atom stereocenters. The molecule has 0 radical (unpaired) electrons. The van der Waals surface area contributed by atoms with Gasteiger partial charge in [-0.1, -0.05) is 26.7 Å². The quantitative estimate of drug-likeness (QED) is 0.728. The summed E-state index contributed by atoms with van der Waals surface area (Å²) in [5.74, 6) is 0.848. The Balaban J connectivity index is 2.41. The summed E-state index contributed by atoms with van der Waals surface area (Å²) in [4.78, 5) is 0. The maximum atomic E-state index is 9.32. The third-order valence-electron chi connectivity index (χ3n) is 3.62. The SMILES string of the molecule is CCC(C)(CO)NC1CCCC(C)C1. The van der Waals surface area contributed by atoms with Gasteiger partial charge in [0.1, 0.15) is 0 Å². The van der Waals surface area contributed by atoms with E-state index in [4.69, 9.17) is 0 Å². The Labute approximate surface area is 88.1 Å². The van der Waals surface area contributed by atoms with Crippen molar-refractivity contribution in [3.8, 4) is 0 Å². The highest BCUT2D eigenvalue weighted by molar-refractivity contribution is 4.87. The fraction of sp³-hybridized carbons (Fsp3) is 1.00. The molecule has 2 nitrogen and oxygen atoms in total. The van der Waals surface area contributed by atoms with Gasteiger partial charge < -0.3 is 10.4 Å². The molecule has 1 fully saturated rings. The van der Waals surface area contributed by atoms with Crippen LogP contribution in [0.5, 0.6) is 0 Å². The van der Waals surface area contributed by atoms with Crippen LogP contribution in [0, 0.1) is 5.92 Å². The molecule has 0 aromatic carbocycles. The highest BCUT2D eigenvalue weighted by Crippen LogP contribution is 2.25. The van der Waals surface area contributed by atoms with E-state index < -0.39 is 0 Å². The minimum absolute atomic E-state index is 0.0677. The predicted molar refractivity (Wildman–Crippen MR) is 60.3 cm³/mol. The molecule has 2 N–H and O–H groups in total. The molecule has 0 bridgehead atoms. The molecule has 0 aromatic rings. The van der Waals surface area contributed by atoms with Crippen molar-refractivity contribution in [3.63, 3.8) is 0 Å². The van der Waals surface area contributed by atoms with E-state index in [0.717, 1.165) is 12.3 Å². The lowest BCUT2D eigenvalue weighted by molar-refractivity contribution is 0.140. The van der Waals surface area contributed by atoms with E-state index in [2.05, 4.69) is 26.1 Å². The van der Waals surface area contributed by atoms with Crippen LogP contribution in [0.2, 0.25) is 0 Å². The summed E-state index contributed by atoms with van der Waals surface area (Å²) in [5.41, 5.74) is -0.0677. The van der Waals surface area contributed by atoms with Crippen molar-refractivity contribution in [2.24, 2.45) is 5.92 Å². The van der Waals surface area contributed by atoms with Crippen LogP contribution in [0.4, 0.5) is 0 Å². The van der Waals surface area contributed by atoms with E-state index in [1.807, 2.05) is 0 Å². The fourth-order valence-electron chi connectivity index (χ4n) is 2.32. The minimum atomic E-state index is -0.0677. The molecule has 84 valence electrons. The van der Waals surface area contributed by atoms with Crippen LogP contribution in [-0.4, -0.2) is 23.3 Å². The van der Waals surface area contributed by atoms with Gasteiger partial charge in [-0.3, -0.25) is 0 Å². The molecule has 1 aliphatic rings. The van der Waals surface area contributed by atoms with Crippen LogP contribution < -0.4 is 5.32 Å². The summed E-state index contributed by atoms with van der Waals surface area (Å²) in [6, 6.07) is 0.621. The molecule has 14 heavy (non-hydrogen) atoms. The number of aliphatic hydroxyl groups excluding tert-OH is 1. The van der Waals surface area contributed by atoms with E-state index in [1.165, 1.54) is 25.7 Å². The second kappa shape index (κ2) is 5.13. The van der Waals surface area contributed by atoms with Crippen molar-refractivity contribution in [3.05, 3.63) is 0 Å². The first-order valence-corrected chi connectivity index (χ1v) is 5.98. The molecule has 1 saturated carbocycles. The molecule has 1 aliphatic carbocycles. The molecule has 0 amide bonds. The van der Waals surface area contributed by atoms with Gasteiger partial charge in [0.25, 0.3) is 0 Å². The van der Waals surface area contributed by atoms with Gasteiger partial charge in [-0.15, -0.1) is 0 Å². The Hall–Kier alpha value is -0.0800. The molecule has 1 rings (SSSR count). The molecule has 0 heterocycles. The first kappa shape index (κ1) is 12.0. The summed E-state index contributed by atoms with van der Waals surface area (Å²) in [6.07, 6.45) is 6.26. The van der Waals surface area contributed by atoms with E-state index in [1.54, 1.807) is 0 Å². The smallest absolute Gasteiger partial charge is 0.0610 e. The Kier molecular flexibility index (Phi) is 4.39. The number of hydrogen-bond donors (Lipinski definition) is 2. The second-order valence-electron chi connectivity index (χ2n) is 5.19. The Morgan fingerprint density at radius 3 is 2.64 bits per heavy atom. The molecule has 3 atom stereocenters. The van der Waals surface area contributed by atoms with Crippen LogP contribution in [0.25, 0.3) is 0 Å². The van der Waals surface area contributed by atoms with Gasteiger partial charge in [0, 0.05) is 11.6 Å². The molecule has 2 heteroatoms. The number of nitrogens with one attached hydrogen (secondary N) is 1. The lowest BCUT2D eigenvalue weighted by Gasteiger charge is -2.36. The molecule has 0 aliphatic heterocycles. The zero-order chi connectivity index (χ0) is 10.6. The van der Waals surface area contributed by atoms with Gasteiger partial charge in [-0.25, -0.2) is 0 Å². The predicted octanol–water partition coefficient (Wildman–Crippen LogP) is 2.32. The molecule has 0 aromatic heterocycles. The Morgan fingerprint density at radius 1 is 1.43 bits per heavy atom. The van der Waals surface area contributed by atoms with E-state index in [-0.39, 0.29) is 12.1 Å². The van der Waals surface area contributed by atoms with Crippen molar-refractivity contribution >= 4 is 0 Å². The highest BCUT2D eigenvalue weighted by atomic mass is 16.3. The van der Waals surface area contributed by atoms with Crippen molar-refractivity contribution in [2.45, 2.75) is 64.5 Å². The Bertz CT molecular complexity index is 166.